The topological polar surface area (TPSA) is 167 Å². The van der Waals surface area contributed by atoms with Gasteiger partial charge in [-0.1, -0.05) is 24.3 Å². The number of hydrogen-bond acceptors (Lipinski definition) is 14. The van der Waals surface area contributed by atoms with E-state index >= 15 is 0 Å². The number of phenolic OH excluding ortho intramolecular Hbond substituents is 1. The van der Waals surface area contributed by atoms with Crippen molar-refractivity contribution in [1.29, 1.82) is 0 Å². The van der Waals surface area contributed by atoms with E-state index in [2.05, 4.69) is 28.1 Å². The van der Waals surface area contributed by atoms with E-state index in [9.17, 15) is 9.90 Å². The number of hydrogen-bond donors (Lipinski definition) is 4. The van der Waals surface area contributed by atoms with Crippen LogP contribution in [0.1, 0.15) is 112 Å². The van der Waals surface area contributed by atoms with Crippen molar-refractivity contribution in [3.63, 3.8) is 0 Å². The normalized spacial score (nSPS) is 19.3. The highest BCUT2D eigenvalue weighted by molar-refractivity contribution is 5.85. The predicted molar refractivity (Wildman–Crippen MR) is 283 cm³/mol. The first-order valence-corrected chi connectivity index (χ1v) is 25.9. The van der Waals surface area contributed by atoms with Crippen molar-refractivity contribution in [3.05, 3.63) is 101 Å². The van der Waals surface area contributed by atoms with Crippen molar-refractivity contribution >= 4 is 30.1 Å². The molecule has 0 spiro atoms. The Kier molecular flexibility index (Phi) is 16.7. The van der Waals surface area contributed by atoms with Crippen LogP contribution in [0.2, 0.25) is 0 Å². The Morgan fingerprint density at radius 1 is 0.740 bits per heavy atom. The van der Waals surface area contributed by atoms with Crippen LogP contribution in [-0.4, -0.2) is 91.6 Å². The summed E-state index contributed by atoms with van der Waals surface area (Å²) in [5, 5.41) is 20.8. The molecule has 2 saturated carbocycles. The minimum Gasteiger partial charge on any atom is -0.507 e. The van der Waals surface area contributed by atoms with Crippen LogP contribution < -0.4 is 34.9 Å². The van der Waals surface area contributed by atoms with Gasteiger partial charge in [0.25, 0.3) is 0 Å². The molecule has 2 aromatic heterocycles. The zero-order valence-electron chi connectivity index (χ0n) is 42.6. The standard InChI is InChI=1S/C35H43N3O6.C22H27N3O3.ClH/c1-35(2,3)44-34(39)38-16-6-7-25(18-38)27-17-29(37-33-28(27)21-41-22-36-33)32-30(42-19-23-10-11-23)8-5-9-31(32)43-20-24-12-14-26(40-4)15-13-24;26-19-4-1-5-20(28-11-14-6-7-14)21(19)18-9-16(15-3-2-8-23-10-15)17-12-27-13-24-22(17)25-18;/h5,8-9,12-15,17,23,25H,6-7,10-11,16,18-22H2,1-4H3,(H,36,37);1,4-5,9,14-15,23,26H,2-3,6-8,10-13H2,(H,24,25);1H. The van der Waals surface area contributed by atoms with Crippen molar-refractivity contribution in [3.8, 4) is 51.3 Å². The summed E-state index contributed by atoms with van der Waals surface area (Å²) >= 11 is 0. The Morgan fingerprint density at radius 3 is 1.90 bits per heavy atom. The maximum atomic E-state index is 13.0. The van der Waals surface area contributed by atoms with Gasteiger partial charge in [0.2, 0.25) is 0 Å². The molecule has 6 heterocycles. The molecular formula is C57H71ClN6O9. The van der Waals surface area contributed by atoms with Gasteiger partial charge >= 0.3 is 6.09 Å². The minimum absolute atomic E-state index is 0. The largest absolute Gasteiger partial charge is 0.507 e. The number of likely N-dealkylation sites (tertiary alicyclic amines) is 1. The lowest BCUT2D eigenvalue weighted by atomic mass is 9.87. The number of piperidine rings is 2. The maximum absolute atomic E-state index is 13.0. The van der Waals surface area contributed by atoms with Crippen molar-refractivity contribution in [2.75, 3.05) is 70.6 Å². The number of rotatable bonds is 14. The molecule has 0 bridgehead atoms. The number of nitrogens with zero attached hydrogens (tertiary/aromatic N) is 3. The fraction of sp³-hybridized carbons (Fsp3) is 0.491. The minimum atomic E-state index is -0.544. The highest BCUT2D eigenvalue weighted by Crippen LogP contribution is 2.45. The van der Waals surface area contributed by atoms with Gasteiger partial charge in [0, 0.05) is 36.7 Å². The number of aromatic hydroxyl groups is 1. The summed E-state index contributed by atoms with van der Waals surface area (Å²) in [4.78, 5) is 24.8. The fourth-order valence-electron chi connectivity index (χ4n) is 9.92. The second-order valence-electron chi connectivity index (χ2n) is 20.9. The molecule has 15 nitrogen and oxygen atoms in total. The Labute approximate surface area is 435 Å². The SMILES string of the molecule is COc1ccc(COc2cccc(OCC3CC3)c2-c2cc(C3CCCN(C(=O)OC(C)(C)C)C3)c3c(n2)NCOC3)cc1.Cl.Oc1cccc(OCC2CC2)c1-c1cc(C2CCCNC2)c2c(n1)NCOC2. The molecule has 4 aliphatic heterocycles. The number of nitrogens with one attached hydrogen (secondary N) is 3. The van der Waals surface area contributed by atoms with Gasteiger partial charge in [-0.25, -0.2) is 14.8 Å². The first-order chi connectivity index (χ1) is 35.1. The van der Waals surface area contributed by atoms with Gasteiger partial charge in [-0.05, 0) is 162 Å². The first-order valence-electron chi connectivity index (χ1n) is 25.9. The number of phenols is 1. The van der Waals surface area contributed by atoms with Crippen LogP contribution in [0.4, 0.5) is 16.4 Å². The molecule has 16 heteroatoms. The van der Waals surface area contributed by atoms with E-state index in [0.717, 1.165) is 101 Å². The van der Waals surface area contributed by atoms with Crippen molar-refractivity contribution in [2.24, 2.45) is 11.8 Å². The van der Waals surface area contributed by atoms with E-state index in [0.29, 0.717) is 94.4 Å². The number of carbonyl (C=O) groups excluding carboxylic acids is 1. The van der Waals surface area contributed by atoms with E-state index in [1.165, 1.54) is 31.2 Å². The molecule has 2 saturated heterocycles. The predicted octanol–water partition coefficient (Wildman–Crippen LogP) is 11.2. The van der Waals surface area contributed by atoms with Crippen LogP contribution >= 0.6 is 12.4 Å². The van der Waals surface area contributed by atoms with E-state index < -0.39 is 5.60 Å². The van der Waals surface area contributed by atoms with Crippen LogP contribution in [-0.2, 0) is 34.0 Å². The molecule has 2 aliphatic carbocycles. The average molecular weight is 1020 g/mol. The van der Waals surface area contributed by atoms with Crippen LogP contribution in [0, 0.1) is 11.8 Å². The highest BCUT2D eigenvalue weighted by atomic mass is 35.5. The quantitative estimate of drug-likeness (QED) is 0.0829. The number of fused-ring (bicyclic) bond motifs is 2. The van der Waals surface area contributed by atoms with Gasteiger partial charge in [0.05, 0.1) is 56.1 Å². The maximum Gasteiger partial charge on any atom is 0.410 e. The number of ether oxygens (including phenoxy) is 7. The van der Waals surface area contributed by atoms with Crippen LogP contribution in [0.25, 0.3) is 22.5 Å². The number of methoxy groups -OCH3 is 1. The van der Waals surface area contributed by atoms with E-state index in [4.69, 9.17) is 43.1 Å². The zero-order chi connectivity index (χ0) is 49.6. The van der Waals surface area contributed by atoms with Gasteiger partial charge < -0.3 is 59.1 Å². The fourth-order valence-corrected chi connectivity index (χ4v) is 9.92. The summed E-state index contributed by atoms with van der Waals surface area (Å²) in [5.41, 5.74) is 8.10. The third kappa shape index (κ3) is 13.0. The van der Waals surface area contributed by atoms with Gasteiger partial charge in [-0.15, -0.1) is 12.4 Å². The summed E-state index contributed by atoms with van der Waals surface area (Å²) in [6.45, 7) is 12.6. The average Bonchev–Trinajstić information content (AvgIpc) is 4.36. The number of carbonyl (C=O) groups is 1. The number of pyridine rings is 2. The molecule has 11 rings (SSSR count). The lowest BCUT2D eigenvalue weighted by molar-refractivity contribution is 0.0197. The summed E-state index contributed by atoms with van der Waals surface area (Å²) in [7, 11) is 1.66. The molecule has 390 valence electrons. The molecular weight excluding hydrogens is 948 g/mol. The second kappa shape index (κ2) is 23.5. The molecule has 6 aliphatic rings. The summed E-state index contributed by atoms with van der Waals surface area (Å²) < 4.78 is 41.4. The molecule has 4 N–H and O–H groups in total. The Bertz CT molecular complexity index is 2690. The Hall–Kier alpha value is -6.00. The van der Waals surface area contributed by atoms with E-state index in [1.807, 2.05) is 80.3 Å². The summed E-state index contributed by atoms with van der Waals surface area (Å²) in [5.74, 6) is 6.63. The number of amides is 1. The third-order valence-electron chi connectivity index (χ3n) is 14.1. The van der Waals surface area contributed by atoms with Gasteiger partial charge in [0.1, 0.15) is 66.1 Å². The number of benzene rings is 3. The lowest BCUT2D eigenvalue weighted by Gasteiger charge is -2.36. The number of anilines is 2. The van der Waals surface area contributed by atoms with Crippen LogP contribution in [0.3, 0.4) is 0 Å². The van der Waals surface area contributed by atoms with Crippen molar-refractivity contribution < 1.29 is 43.1 Å². The molecule has 73 heavy (non-hydrogen) atoms. The molecule has 2 unspecified atom stereocenters. The van der Waals surface area contributed by atoms with Gasteiger partial charge in [-0.3, -0.25) is 0 Å². The third-order valence-corrected chi connectivity index (χ3v) is 14.1. The lowest BCUT2D eigenvalue weighted by Crippen LogP contribution is -2.42. The number of aromatic nitrogens is 2. The summed E-state index contributed by atoms with van der Waals surface area (Å²) in [6, 6.07) is 23.6. The highest BCUT2D eigenvalue weighted by Gasteiger charge is 2.33. The van der Waals surface area contributed by atoms with Crippen LogP contribution in [0.5, 0.6) is 28.7 Å². The first kappa shape index (κ1) is 51.9. The van der Waals surface area contributed by atoms with Crippen molar-refractivity contribution in [2.45, 2.75) is 109 Å². The molecule has 1 amide bonds. The number of halogens is 1. The van der Waals surface area contributed by atoms with E-state index in [-0.39, 0.29) is 30.2 Å². The van der Waals surface area contributed by atoms with Crippen molar-refractivity contribution in [1.82, 2.24) is 20.2 Å². The molecule has 5 aromatic rings. The Morgan fingerprint density at radius 2 is 1.32 bits per heavy atom. The monoisotopic (exact) mass is 1020 g/mol. The Balaban J connectivity index is 0.000000194. The smallest absolute Gasteiger partial charge is 0.410 e. The summed E-state index contributed by atoms with van der Waals surface area (Å²) in [6.07, 6.45) is 8.74. The second-order valence-corrected chi connectivity index (χ2v) is 20.9. The van der Waals surface area contributed by atoms with Gasteiger partial charge in [0.15, 0.2) is 0 Å². The molecule has 3 aromatic carbocycles. The molecule has 2 atom stereocenters. The molecule has 0 radical (unpaired) electrons. The van der Waals surface area contributed by atoms with Gasteiger partial charge in [-0.2, -0.15) is 0 Å². The van der Waals surface area contributed by atoms with E-state index in [1.54, 1.807) is 13.2 Å². The zero-order valence-corrected chi connectivity index (χ0v) is 43.5. The molecule has 4 fully saturated rings. The van der Waals surface area contributed by atoms with Crippen LogP contribution in [0.15, 0.2) is 72.8 Å².